The van der Waals surface area contributed by atoms with Crippen molar-refractivity contribution in [2.45, 2.75) is 6.04 Å². The number of amides is 1. The number of aliphatic hydroxyl groups excluding tert-OH is 1. The van der Waals surface area contributed by atoms with Crippen LogP contribution < -0.4 is 9.64 Å². The number of nitrogens with zero attached hydrogens (tertiary/aromatic N) is 1. The molecule has 1 heterocycles. The molecule has 1 amide bonds. The topological polar surface area (TPSA) is 87.1 Å². The van der Waals surface area contributed by atoms with E-state index in [9.17, 15) is 19.8 Å². The minimum absolute atomic E-state index is 0.0540. The molecule has 2 N–H and O–H groups in total. The number of ketones is 1. The van der Waals surface area contributed by atoms with E-state index in [1.807, 2.05) is 0 Å². The number of hydrogen-bond acceptors (Lipinski definition) is 5. The van der Waals surface area contributed by atoms with E-state index in [4.69, 9.17) is 27.9 Å². The van der Waals surface area contributed by atoms with Gasteiger partial charge in [-0.3, -0.25) is 14.5 Å². The third kappa shape index (κ3) is 3.90. The fourth-order valence-corrected chi connectivity index (χ4v) is 4.21. The molecular formula is C24H17Cl2NO5. The zero-order valence-corrected chi connectivity index (χ0v) is 18.3. The number of anilines is 1. The van der Waals surface area contributed by atoms with Gasteiger partial charge in [-0.15, -0.1) is 0 Å². The second-order valence-electron chi connectivity index (χ2n) is 7.12. The first kappa shape index (κ1) is 21.7. The average molecular weight is 470 g/mol. The molecule has 3 aromatic rings. The number of halogens is 2. The molecule has 1 aliphatic heterocycles. The molecule has 0 radical (unpaired) electrons. The summed E-state index contributed by atoms with van der Waals surface area (Å²) < 4.78 is 5.13. The number of hydrogen-bond donors (Lipinski definition) is 2. The molecule has 0 bridgehead atoms. The highest BCUT2D eigenvalue weighted by Crippen LogP contribution is 2.43. The Balaban J connectivity index is 1.95. The molecule has 0 aromatic heterocycles. The van der Waals surface area contributed by atoms with Gasteiger partial charge in [0.1, 0.15) is 17.3 Å². The molecule has 1 aliphatic rings. The fourth-order valence-electron chi connectivity index (χ4n) is 3.69. The lowest BCUT2D eigenvalue weighted by atomic mass is 9.95. The van der Waals surface area contributed by atoms with Crippen LogP contribution in [0.25, 0.3) is 5.76 Å². The van der Waals surface area contributed by atoms with Crippen LogP contribution in [0.4, 0.5) is 5.69 Å². The largest absolute Gasteiger partial charge is 0.508 e. The van der Waals surface area contributed by atoms with Crippen molar-refractivity contribution in [2.75, 3.05) is 12.0 Å². The number of carbonyl (C=O) groups excluding carboxylic acids is 2. The molecule has 162 valence electrons. The summed E-state index contributed by atoms with van der Waals surface area (Å²) in [6.45, 7) is 0. The van der Waals surface area contributed by atoms with Crippen molar-refractivity contribution in [2.24, 2.45) is 0 Å². The van der Waals surface area contributed by atoms with Crippen LogP contribution in [-0.4, -0.2) is 29.0 Å². The van der Waals surface area contributed by atoms with E-state index in [1.165, 1.54) is 42.3 Å². The van der Waals surface area contributed by atoms with Gasteiger partial charge in [0.15, 0.2) is 0 Å². The molecule has 1 atom stereocenters. The third-order valence-electron chi connectivity index (χ3n) is 5.12. The molecule has 0 aliphatic carbocycles. The first-order chi connectivity index (χ1) is 15.3. The maximum Gasteiger partial charge on any atom is 0.300 e. The van der Waals surface area contributed by atoms with Gasteiger partial charge in [-0.25, -0.2) is 0 Å². The maximum absolute atomic E-state index is 13.1. The Bertz CT molecular complexity index is 1230. The predicted molar refractivity (Wildman–Crippen MR) is 122 cm³/mol. The summed E-state index contributed by atoms with van der Waals surface area (Å²) in [6, 6.07) is 16.0. The Labute approximate surface area is 193 Å². The first-order valence-corrected chi connectivity index (χ1v) is 10.3. The molecule has 3 aromatic carbocycles. The molecule has 4 rings (SSSR count). The summed E-state index contributed by atoms with van der Waals surface area (Å²) >= 11 is 12.3. The van der Waals surface area contributed by atoms with Crippen LogP contribution in [0, 0.1) is 0 Å². The van der Waals surface area contributed by atoms with Crippen molar-refractivity contribution in [3.8, 4) is 11.5 Å². The minimum Gasteiger partial charge on any atom is -0.508 e. The summed E-state index contributed by atoms with van der Waals surface area (Å²) in [5, 5.41) is 21.7. The van der Waals surface area contributed by atoms with E-state index in [-0.39, 0.29) is 32.8 Å². The second kappa shape index (κ2) is 8.57. The van der Waals surface area contributed by atoms with Crippen LogP contribution in [0.5, 0.6) is 11.5 Å². The molecule has 1 unspecified atom stereocenters. The Morgan fingerprint density at radius 2 is 1.62 bits per heavy atom. The Morgan fingerprint density at radius 1 is 0.969 bits per heavy atom. The van der Waals surface area contributed by atoms with E-state index in [2.05, 4.69) is 0 Å². The van der Waals surface area contributed by atoms with Gasteiger partial charge in [-0.05, 0) is 60.2 Å². The lowest BCUT2D eigenvalue weighted by Crippen LogP contribution is -2.29. The second-order valence-corrected chi connectivity index (χ2v) is 7.99. The lowest BCUT2D eigenvalue weighted by Gasteiger charge is -2.26. The Morgan fingerprint density at radius 3 is 2.22 bits per heavy atom. The lowest BCUT2D eigenvalue weighted by molar-refractivity contribution is -0.132. The number of phenolic OH excluding ortho intramolecular Hbond substituents is 1. The van der Waals surface area contributed by atoms with Crippen molar-refractivity contribution in [1.29, 1.82) is 0 Å². The number of ether oxygens (including phenoxy) is 1. The number of benzene rings is 3. The smallest absolute Gasteiger partial charge is 0.300 e. The quantitative estimate of drug-likeness (QED) is 0.306. The summed E-state index contributed by atoms with van der Waals surface area (Å²) in [4.78, 5) is 27.4. The Hall–Kier alpha value is -3.48. The Kier molecular flexibility index (Phi) is 5.82. The monoisotopic (exact) mass is 469 g/mol. The molecule has 6 nitrogen and oxygen atoms in total. The molecule has 8 heteroatoms. The van der Waals surface area contributed by atoms with E-state index in [1.54, 1.807) is 36.4 Å². The highest BCUT2D eigenvalue weighted by Gasteiger charge is 2.47. The summed E-state index contributed by atoms with van der Waals surface area (Å²) in [7, 11) is 1.51. The van der Waals surface area contributed by atoms with Gasteiger partial charge >= 0.3 is 0 Å². The maximum atomic E-state index is 13.1. The van der Waals surface area contributed by atoms with Crippen molar-refractivity contribution in [3.63, 3.8) is 0 Å². The molecule has 32 heavy (non-hydrogen) atoms. The van der Waals surface area contributed by atoms with Crippen LogP contribution in [0.3, 0.4) is 0 Å². The van der Waals surface area contributed by atoms with Gasteiger partial charge in [-0.1, -0.05) is 35.3 Å². The van der Waals surface area contributed by atoms with Gasteiger partial charge in [0.05, 0.1) is 18.7 Å². The van der Waals surface area contributed by atoms with E-state index in [0.717, 1.165) is 0 Å². The summed E-state index contributed by atoms with van der Waals surface area (Å²) in [5.41, 5.74) is 0.919. The van der Waals surface area contributed by atoms with Gasteiger partial charge in [0.2, 0.25) is 0 Å². The first-order valence-electron chi connectivity index (χ1n) is 9.50. The zero-order valence-electron chi connectivity index (χ0n) is 16.8. The molecular weight excluding hydrogens is 453 g/mol. The van der Waals surface area contributed by atoms with Crippen LogP contribution in [0.1, 0.15) is 17.2 Å². The van der Waals surface area contributed by atoms with Crippen molar-refractivity contribution < 1.29 is 24.5 Å². The van der Waals surface area contributed by atoms with Gasteiger partial charge in [0, 0.05) is 21.3 Å². The standard InChI is InChI=1S/C24H17Cl2NO5/c1-32-19-7-5-13(6-8-19)22(29)20-21(14-3-2-4-18(28)9-14)27(24(31)23(20)30)17-11-15(25)10-16(26)12-17/h2-12,21,28-29H,1H3/b22-20+. The number of methoxy groups -OCH3 is 1. The van der Waals surface area contributed by atoms with Crippen LogP contribution in [-0.2, 0) is 9.59 Å². The van der Waals surface area contributed by atoms with Crippen LogP contribution in [0.15, 0.2) is 72.3 Å². The van der Waals surface area contributed by atoms with Gasteiger partial charge in [-0.2, -0.15) is 0 Å². The number of rotatable bonds is 4. The van der Waals surface area contributed by atoms with Crippen LogP contribution in [0.2, 0.25) is 10.0 Å². The molecule has 1 saturated heterocycles. The highest BCUT2D eigenvalue weighted by atomic mass is 35.5. The third-order valence-corrected chi connectivity index (χ3v) is 5.56. The van der Waals surface area contributed by atoms with Crippen molar-refractivity contribution in [3.05, 3.63) is 93.5 Å². The van der Waals surface area contributed by atoms with E-state index >= 15 is 0 Å². The highest BCUT2D eigenvalue weighted by molar-refractivity contribution is 6.52. The summed E-state index contributed by atoms with van der Waals surface area (Å²) in [6.07, 6.45) is 0. The number of aromatic hydroxyl groups is 1. The van der Waals surface area contributed by atoms with Gasteiger partial charge in [0.25, 0.3) is 11.7 Å². The zero-order chi connectivity index (χ0) is 23.0. The molecule has 0 spiro atoms. The number of Topliss-reactive ketones (excluding diaryl/α,β-unsaturated/α-hetero) is 1. The van der Waals surface area contributed by atoms with E-state index in [0.29, 0.717) is 16.9 Å². The SMILES string of the molecule is COc1ccc(/C(O)=C2\C(=O)C(=O)N(c3cc(Cl)cc(Cl)c3)C2c2cccc(O)c2)cc1. The predicted octanol–water partition coefficient (Wildman–Crippen LogP) is 5.33. The number of phenols is 1. The van der Waals surface area contributed by atoms with Crippen LogP contribution >= 0.6 is 23.2 Å². The average Bonchev–Trinajstić information content (AvgIpc) is 3.03. The minimum atomic E-state index is -1.02. The van der Waals surface area contributed by atoms with Crippen molar-refractivity contribution in [1.82, 2.24) is 0 Å². The molecule has 0 saturated carbocycles. The molecule has 1 fully saturated rings. The van der Waals surface area contributed by atoms with E-state index < -0.39 is 17.7 Å². The van der Waals surface area contributed by atoms with Gasteiger partial charge < -0.3 is 14.9 Å². The summed E-state index contributed by atoms with van der Waals surface area (Å²) in [5.74, 6) is -1.56. The fraction of sp³-hybridized carbons (Fsp3) is 0.0833. The number of aliphatic hydroxyl groups is 1. The van der Waals surface area contributed by atoms with Crippen molar-refractivity contribution >= 4 is 46.3 Å². The number of carbonyl (C=O) groups is 2. The normalized spacial score (nSPS) is 17.6.